The zero-order chi connectivity index (χ0) is 16.5. The zero-order valence-corrected chi connectivity index (χ0v) is 15.7. The fraction of sp³-hybridized carbons (Fsp3) is 0.294. The maximum absolute atomic E-state index is 12.3. The van der Waals surface area contributed by atoms with Crippen LogP contribution in [-0.2, 0) is 0 Å². The van der Waals surface area contributed by atoms with Gasteiger partial charge in [0.25, 0.3) is 5.91 Å². The van der Waals surface area contributed by atoms with E-state index >= 15 is 0 Å². The summed E-state index contributed by atoms with van der Waals surface area (Å²) in [7, 11) is 0. The number of amides is 1. The number of rotatable bonds is 4. The number of hydrogen-bond donors (Lipinski definition) is 3. The van der Waals surface area contributed by atoms with Gasteiger partial charge in [0.05, 0.1) is 26.1 Å². The van der Waals surface area contributed by atoms with Crippen LogP contribution >= 0.6 is 35.1 Å². The molecule has 0 saturated carbocycles. The van der Waals surface area contributed by atoms with E-state index in [4.69, 9.17) is 0 Å². The van der Waals surface area contributed by atoms with E-state index in [1.807, 2.05) is 30.3 Å². The first kappa shape index (κ1) is 18.3. The lowest BCUT2D eigenvalue weighted by atomic mass is 10.1. The monoisotopic (exact) mass is 395 g/mol. The van der Waals surface area contributed by atoms with Crippen molar-refractivity contribution >= 4 is 51.2 Å². The number of nitrogens with zero attached hydrogens (tertiary/aromatic N) is 1. The first-order chi connectivity index (χ1) is 11.7. The van der Waals surface area contributed by atoms with Crippen LogP contribution in [-0.4, -0.2) is 41.7 Å². The van der Waals surface area contributed by atoms with Crippen molar-refractivity contribution < 1.29 is 9.90 Å². The summed E-state index contributed by atoms with van der Waals surface area (Å²) in [4.78, 5) is 18.6. The fourth-order valence-corrected chi connectivity index (χ4v) is 4.73. The van der Waals surface area contributed by atoms with Gasteiger partial charge in [-0.2, -0.15) is 0 Å². The molecule has 3 N–H and O–H groups in total. The van der Waals surface area contributed by atoms with Gasteiger partial charge in [0.1, 0.15) is 5.01 Å². The van der Waals surface area contributed by atoms with Gasteiger partial charge in [-0.25, -0.2) is 4.98 Å². The van der Waals surface area contributed by atoms with Crippen molar-refractivity contribution in [2.75, 3.05) is 19.6 Å². The number of aromatic nitrogens is 1. The number of halogens is 1. The summed E-state index contributed by atoms with van der Waals surface area (Å²) in [5.74, 6) is -0.0101. The van der Waals surface area contributed by atoms with Crippen LogP contribution in [0.4, 0.5) is 0 Å². The molecule has 0 bridgehead atoms. The molecule has 0 spiro atoms. The summed E-state index contributed by atoms with van der Waals surface area (Å²) in [6.07, 6.45) is -0.382. The van der Waals surface area contributed by atoms with Gasteiger partial charge in [-0.15, -0.1) is 35.1 Å². The van der Waals surface area contributed by atoms with Crippen molar-refractivity contribution in [3.8, 4) is 9.88 Å². The van der Waals surface area contributed by atoms with E-state index in [-0.39, 0.29) is 30.3 Å². The molecule has 25 heavy (non-hydrogen) atoms. The molecular weight excluding hydrogens is 378 g/mol. The summed E-state index contributed by atoms with van der Waals surface area (Å²) in [6, 6.07) is 11.8. The third-order valence-corrected chi connectivity index (χ3v) is 6.45. The average Bonchev–Trinajstić information content (AvgIpc) is 3.31. The Kier molecular flexibility index (Phi) is 5.71. The number of nitrogens with one attached hydrogen (secondary N) is 2. The minimum absolute atomic E-state index is 0. The highest BCUT2D eigenvalue weighted by Crippen LogP contribution is 2.34. The molecule has 1 saturated heterocycles. The number of hydrogen-bond acceptors (Lipinski definition) is 6. The van der Waals surface area contributed by atoms with Crippen LogP contribution in [0.5, 0.6) is 0 Å². The van der Waals surface area contributed by atoms with Gasteiger partial charge in [0.15, 0.2) is 0 Å². The Labute approximate surface area is 159 Å². The van der Waals surface area contributed by atoms with E-state index in [0.29, 0.717) is 18.0 Å². The highest BCUT2D eigenvalue weighted by Gasteiger charge is 2.25. The Bertz CT molecular complexity index is 847. The summed E-state index contributed by atoms with van der Waals surface area (Å²) in [5.41, 5.74) is 0.986. The smallest absolute Gasteiger partial charge is 0.261 e. The Balaban J connectivity index is 0.00000182. The number of benzene rings is 1. The Morgan fingerprint density at radius 2 is 2.08 bits per heavy atom. The summed E-state index contributed by atoms with van der Waals surface area (Å²) in [5, 5.41) is 16.8. The van der Waals surface area contributed by atoms with Crippen molar-refractivity contribution in [2.24, 2.45) is 5.92 Å². The molecule has 132 valence electrons. The number of para-hydroxylation sites is 1. The first-order valence-electron chi connectivity index (χ1n) is 7.83. The molecule has 5 nitrogen and oxygen atoms in total. The van der Waals surface area contributed by atoms with Crippen molar-refractivity contribution in [3.05, 3.63) is 41.3 Å². The zero-order valence-electron chi connectivity index (χ0n) is 13.3. The number of fused-ring (bicyclic) bond motifs is 1. The molecule has 3 aromatic rings. The molecule has 3 heterocycles. The lowest BCUT2D eigenvalue weighted by Gasteiger charge is -2.13. The minimum atomic E-state index is -0.382. The van der Waals surface area contributed by atoms with Gasteiger partial charge in [0.2, 0.25) is 0 Å². The number of β-amino-alcohol motifs (C(OH)–C–C–N with tert-alkyl or cyclic N) is 1. The molecule has 1 fully saturated rings. The lowest BCUT2D eigenvalue weighted by molar-refractivity contribution is 0.0931. The van der Waals surface area contributed by atoms with Gasteiger partial charge < -0.3 is 15.7 Å². The molecule has 1 aliphatic rings. The number of aliphatic hydroxyl groups is 1. The highest BCUT2D eigenvalue weighted by molar-refractivity contribution is 7.26. The molecular formula is C17H18ClN3O2S2. The quantitative estimate of drug-likeness (QED) is 0.635. The molecule has 1 aliphatic heterocycles. The maximum Gasteiger partial charge on any atom is 0.261 e. The normalized spacial score (nSPS) is 19.7. The Hall–Kier alpha value is -1.51. The standard InChI is InChI=1S/C17H17N3O2S2.ClH/c21-12-9-18-7-10(12)8-19-16(22)14-5-6-15(23-14)17-20-11-3-1-2-4-13(11)24-17;/h1-6,10,12,18,21H,7-9H2,(H,19,22);1H. The van der Waals surface area contributed by atoms with Crippen LogP contribution in [0.15, 0.2) is 36.4 Å². The second-order valence-corrected chi connectivity index (χ2v) is 7.96. The van der Waals surface area contributed by atoms with Crippen LogP contribution in [0.25, 0.3) is 20.1 Å². The van der Waals surface area contributed by atoms with E-state index in [2.05, 4.69) is 21.7 Å². The van der Waals surface area contributed by atoms with Gasteiger partial charge in [-0.3, -0.25) is 4.79 Å². The van der Waals surface area contributed by atoms with Crippen LogP contribution in [0, 0.1) is 5.92 Å². The predicted molar refractivity (Wildman–Crippen MR) is 105 cm³/mol. The Morgan fingerprint density at radius 3 is 2.84 bits per heavy atom. The van der Waals surface area contributed by atoms with E-state index in [0.717, 1.165) is 26.6 Å². The molecule has 4 rings (SSSR count). The Morgan fingerprint density at radius 1 is 1.24 bits per heavy atom. The number of thiophene rings is 1. The number of carbonyl (C=O) groups excluding carboxylic acids is 1. The third kappa shape index (κ3) is 3.86. The van der Waals surface area contributed by atoms with Gasteiger partial charge in [-0.05, 0) is 24.3 Å². The molecule has 8 heteroatoms. The van der Waals surface area contributed by atoms with Crippen LogP contribution in [0.3, 0.4) is 0 Å². The van der Waals surface area contributed by atoms with Crippen LogP contribution in [0.1, 0.15) is 9.67 Å². The minimum Gasteiger partial charge on any atom is -0.391 e. The first-order valence-corrected chi connectivity index (χ1v) is 9.47. The molecule has 1 amide bonds. The molecule has 0 aliphatic carbocycles. The fourth-order valence-electron chi connectivity index (χ4n) is 2.79. The average molecular weight is 396 g/mol. The van der Waals surface area contributed by atoms with Gasteiger partial charge in [0, 0.05) is 25.6 Å². The SMILES string of the molecule is Cl.O=C(NCC1CNCC1O)c1ccc(-c2nc3ccccc3s2)s1. The largest absolute Gasteiger partial charge is 0.391 e. The molecule has 2 unspecified atom stereocenters. The van der Waals surface area contributed by atoms with Crippen molar-refractivity contribution in [3.63, 3.8) is 0 Å². The maximum atomic E-state index is 12.3. The molecule has 0 radical (unpaired) electrons. The van der Waals surface area contributed by atoms with Crippen molar-refractivity contribution in [1.82, 2.24) is 15.6 Å². The van der Waals surface area contributed by atoms with Crippen molar-refractivity contribution in [2.45, 2.75) is 6.10 Å². The number of thiazole rings is 1. The molecule has 1 aromatic carbocycles. The van der Waals surface area contributed by atoms with Gasteiger partial charge >= 0.3 is 0 Å². The number of carbonyl (C=O) groups is 1. The molecule has 2 atom stereocenters. The lowest BCUT2D eigenvalue weighted by Crippen LogP contribution is -2.33. The van der Waals surface area contributed by atoms with E-state index in [1.54, 1.807) is 11.3 Å². The second kappa shape index (κ2) is 7.80. The van der Waals surface area contributed by atoms with Crippen molar-refractivity contribution in [1.29, 1.82) is 0 Å². The summed E-state index contributed by atoms with van der Waals surface area (Å²) < 4.78 is 1.15. The number of aliphatic hydroxyl groups excluding tert-OH is 1. The van der Waals surface area contributed by atoms with E-state index in [1.165, 1.54) is 11.3 Å². The van der Waals surface area contributed by atoms with Crippen LogP contribution in [0.2, 0.25) is 0 Å². The van der Waals surface area contributed by atoms with Crippen LogP contribution < -0.4 is 10.6 Å². The van der Waals surface area contributed by atoms with E-state index in [9.17, 15) is 9.90 Å². The van der Waals surface area contributed by atoms with Gasteiger partial charge in [-0.1, -0.05) is 12.1 Å². The summed E-state index contributed by atoms with van der Waals surface area (Å²) in [6.45, 7) is 1.82. The van der Waals surface area contributed by atoms with E-state index < -0.39 is 0 Å². The topological polar surface area (TPSA) is 74.2 Å². The second-order valence-electron chi connectivity index (χ2n) is 5.85. The summed E-state index contributed by atoms with van der Waals surface area (Å²) >= 11 is 3.09. The highest BCUT2D eigenvalue weighted by atomic mass is 35.5. The molecule has 2 aromatic heterocycles. The predicted octanol–water partition coefficient (Wildman–Crippen LogP) is 2.76. The third-order valence-electron chi connectivity index (χ3n) is 4.16.